The van der Waals surface area contributed by atoms with E-state index in [1.165, 1.54) is 12.1 Å². The van der Waals surface area contributed by atoms with E-state index in [0.717, 1.165) is 11.1 Å². The molecular formula is C22H21N9O2. The van der Waals surface area contributed by atoms with Crippen LogP contribution in [0.3, 0.4) is 0 Å². The summed E-state index contributed by atoms with van der Waals surface area (Å²) < 4.78 is 1.65. The lowest BCUT2D eigenvalue weighted by Crippen LogP contribution is -2.14. The molecule has 1 amide bonds. The summed E-state index contributed by atoms with van der Waals surface area (Å²) >= 11 is 0. The molecule has 3 aromatic rings. The largest absolute Gasteiger partial charge is 0.331 e. The number of hydrogen-bond acceptors (Lipinski definition) is 5. The minimum Gasteiger partial charge on any atom is -0.331 e. The molecule has 166 valence electrons. The van der Waals surface area contributed by atoms with Crippen molar-refractivity contribution >= 4 is 29.1 Å². The van der Waals surface area contributed by atoms with Crippen LogP contribution in [-0.4, -0.2) is 21.2 Å². The van der Waals surface area contributed by atoms with Crippen LogP contribution in [0.4, 0.5) is 11.4 Å². The highest BCUT2D eigenvalue weighted by molar-refractivity contribution is 6.04. The maximum atomic E-state index is 12.5. The zero-order valence-electron chi connectivity index (χ0n) is 17.7. The van der Waals surface area contributed by atoms with Crippen molar-refractivity contribution in [3.05, 3.63) is 104 Å². The molecule has 0 saturated heterocycles. The van der Waals surface area contributed by atoms with Crippen molar-refractivity contribution in [3.8, 4) is 0 Å². The quantitative estimate of drug-likeness (QED) is 0.152. The average molecular weight is 443 g/mol. The van der Waals surface area contributed by atoms with Gasteiger partial charge in [0.15, 0.2) is 5.82 Å². The van der Waals surface area contributed by atoms with Crippen LogP contribution in [0.5, 0.6) is 0 Å². The standard InChI is InChI=1S/C22H19N9O2.H2/c1-31-9-8-25-22(31)20(32)7-6-15-2-4-16(5-3-15)12-21(33)27-18-10-17(14-26-29-23)11-19(13-18)28-30-24;/h2-11,13H,12,14H2,1H3,(H,27,33);1H/b7-6+;. The van der Waals surface area contributed by atoms with Crippen LogP contribution in [0.25, 0.3) is 27.0 Å². The van der Waals surface area contributed by atoms with E-state index in [9.17, 15) is 9.59 Å². The number of allylic oxidation sites excluding steroid dienone is 1. The van der Waals surface area contributed by atoms with E-state index in [2.05, 4.69) is 30.4 Å². The predicted octanol–water partition coefficient (Wildman–Crippen LogP) is 5.50. The van der Waals surface area contributed by atoms with Gasteiger partial charge in [-0.05, 0) is 52.0 Å². The van der Waals surface area contributed by atoms with Crippen molar-refractivity contribution in [1.29, 1.82) is 0 Å². The number of benzene rings is 2. The zero-order chi connectivity index (χ0) is 23.6. The number of nitrogens with zero attached hydrogens (tertiary/aromatic N) is 8. The van der Waals surface area contributed by atoms with Gasteiger partial charge >= 0.3 is 0 Å². The molecule has 0 aliphatic carbocycles. The normalized spacial score (nSPS) is 10.3. The Morgan fingerprint density at radius 3 is 2.61 bits per heavy atom. The van der Waals surface area contributed by atoms with E-state index in [0.29, 0.717) is 22.8 Å². The van der Waals surface area contributed by atoms with Crippen LogP contribution in [0, 0.1) is 0 Å². The van der Waals surface area contributed by atoms with Gasteiger partial charge in [-0.2, -0.15) is 0 Å². The average Bonchev–Trinajstić information content (AvgIpc) is 3.23. The first kappa shape index (κ1) is 22.8. The highest BCUT2D eigenvalue weighted by Gasteiger charge is 2.08. The summed E-state index contributed by atoms with van der Waals surface area (Å²) in [7, 11) is 1.75. The molecule has 0 saturated carbocycles. The fraction of sp³-hybridized carbons (Fsp3) is 0.136. The van der Waals surface area contributed by atoms with Crippen molar-refractivity contribution in [2.45, 2.75) is 13.0 Å². The topological polar surface area (TPSA) is 162 Å². The second kappa shape index (κ2) is 11.0. The summed E-state index contributed by atoms with van der Waals surface area (Å²) in [5.41, 5.74) is 20.1. The second-order valence-electron chi connectivity index (χ2n) is 6.99. The van der Waals surface area contributed by atoms with Gasteiger partial charge < -0.3 is 9.88 Å². The Morgan fingerprint density at radius 2 is 1.94 bits per heavy atom. The fourth-order valence-corrected chi connectivity index (χ4v) is 3.05. The third-order valence-electron chi connectivity index (χ3n) is 4.55. The number of rotatable bonds is 9. The summed E-state index contributed by atoms with van der Waals surface area (Å²) in [6.07, 6.45) is 6.53. The third-order valence-corrected chi connectivity index (χ3v) is 4.55. The number of nitrogens with one attached hydrogen (secondary N) is 1. The van der Waals surface area contributed by atoms with Gasteiger partial charge in [-0.3, -0.25) is 9.59 Å². The van der Waals surface area contributed by atoms with Gasteiger partial charge in [-0.1, -0.05) is 40.6 Å². The maximum absolute atomic E-state index is 12.5. The Balaban J connectivity index is 0.00000408. The number of imidazole rings is 1. The van der Waals surface area contributed by atoms with Crippen LogP contribution in [0.1, 0.15) is 28.7 Å². The summed E-state index contributed by atoms with van der Waals surface area (Å²) in [6.45, 7) is 0.0613. The lowest BCUT2D eigenvalue weighted by atomic mass is 10.1. The summed E-state index contributed by atoms with van der Waals surface area (Å²) in [6, 6.07) is 12.0. The first-order chi connectivity index (χ1) is 16.0. The summed E-state index contributed by atoms with van der Waals surface area (Å²) in [5, 5.41) is 9.79. The Morgan fingerprint density at radius 1 is 1.15 bits per heavy atom. The Bertz CT molecular complexity index is 1300. The fourth-order valence-electron chi connectivity index (χ4n) is 3.05. The molecule has 0 unspecified atom stereocenters. The molecule has 11 heteroatoms. The van der Waals surface area contributed by atoms with Gasteiger partial charge in [0.1, 0.15) is 0 Å². The van der Waals surface area contributed by atoms with Crippen LogP contribution >= 0.6 is 0 Å². The Labute approximate surface area is 190 Å². The van der Waals surface area contributed by atoms with E-state index in [-0.39, 0.29) is 26.1 Å². The SMILES string of the molecule is Cn1ccnc1C(=O)/C=C/c1ccc(CC(=O)Nc2cc(CN=[N+]=[N-])cc(N=[N+]=[N-])c2)cc1.[HH]. The molecule has 0 bridgehead atoms. The van der Waals surface area contributed by atoms with E-state index in [1.54, 1.807) is 54.3 Å². The molecule has 0 spiro atoms. The van der Waals surface area contributed by atoms with Gasteiger partial charge in [0.2, 0.25) is 11.7 Å². The van der Waals surface area contributed by atoms with Crippen molar-refractivity contribution in [2.75, 3.05) is 5.32 Å². The van der Waals surface area contributed by atoms with Gasteiger partial charge in [-0.25, -0.2) is 4.98 Å². The van der Waals surface area contributed by atoms with E-state index in [1.807, 2.05) is 12.1 Å². The third kappa shape index (κ3) is 6.56. The molecule has 33 heavy (non-hydrogen) atoms. The minimum absolute atomic E-state index is 0. The highest BCUT2D eigenvalue weighted by atomic mass is 16.1. The molecular weight excluding hydrogens is 422 g/mol. The molecule has 2 aromatic carbocycles. The lowest BCUT2D eigenvalue weighted by molar-refractivity contribution is -0.115. The predicted molar refractivity (Wildman–Crippen MR) is 126 cm³/mol. The van der Waals surface area contributed by atoms with Crippen molar-refractivity contribution < 1.29 is 11.0 Å². The minimum atomic E-state index is -0.268. The van der Waals surface area contributed by atoms with Crippen LogP contribution < -0.4 is 5.32 Å². The molecule has 1 N–H and O–H groups in total. The molecule has 0 radical (unpaired) electrons. The van der Waals surface area contributed by atoms with Crippen molar-refractivity contribution in [2.24, 2.45) is 17.3 Å². The number of anilines is 1. The lowest BCUT2D eigenvalue weighted by Gasteiger charge is -2.08. The smallest absolute Gasteiger partial charge is 0.228 e. The molecule has 0 atom stereocenters. The van der Waals surface area contributed by atoms with E-state index >= 15 is 0 Å². The number of hydrogen-bond donors (Lipinski definition) is 1. The first-order valence-corrected chi connectivity index (χ1v) is 9.77. The van der Waals surface area contributed by atoms with Crippen LogP contribution in [0.2, 0.25) is 0 Å². The Hall–Kier alpha value is -4.85. The second-order valence-corrected chi connectivity index (χ2v) is 6.99. The number of ketones is 1. The van der Waals surface area contributed by atoms with Crippen LogP contribution in [0.15, 0.2) is 71.2 Å². The van der Waals surface area contributed by atoms with Gasteiger partial charge in [0.05, 0.1) is 13.0 Å². The molecule has 11 nitrogen and oxygen atoms in total. The van der Waals surface area contributed by atoms with Crippen LogP contribution in [-0.2, 0) is 24.8 Å². The molecule has 3 rings (SSSR count). The summed E-state index contributed by atoms with van der Waals surface area (Å²) in [4.78, 5) is 34.1. The number of aryl methyl sites for hydroxylation is 1. The maximum Gasteiger partial charge on any atom is 0.228 e. The molecule has 0 fully saturated rings. The first-order valence-electron chi connectivity index (χ1n) is 9.77. The molecule has 0 aliphatic heterocycles. The zero-order valence-corrected chi connectivity index (χ0v) is 17.7. The van der Waals surface area contributed by atoms with Crippen molar-refractivity contribution in [3.63, 3.8) is 0 Å². The Kier molecular flexibility index (Phi) is 7.58. The molecule has 0 aliphatic rings. The molecule has 1 heterocycles. The van der Waals surface area contributed by atoms with E-state index < -0.39 is 0 Å². The number of amides is 1. The number of azide groups is 2. The number of carbonyl (C=O) groups excluding carboxylic acids is 2. The number of carbonyl (C=O) groups is 2. The van der Waals surface area contributed by atoms with Gasteiger partial charge in [-0.15, -0.1) is 0 Å². The van der Waals surface area contributed by atoms with E-state index in [4.69, 9.17) is 11.1 Å². The van der Waals surface area contributed by atoms with Crippen molar-refractivity contribution in [1.82, 2.24) is 9.55 Å². The van der Waals surface area contributed by atoms with Gasteiger partial charge in [0, 0.05) is 42.1 Å². The highest BCUT2D eigenvalue weighted by Crippen LogP contribution is 2.23. The van der Waals surface area contributed by atoms with Gasteiger partial charge in [0.25, 0.3) is 0 Å². The molecule has 1 aromatic heterocycles. The summed E-state index contributed by atoms with van der Waals surface area (Å²) in [5.74, 6) is -0.114. The number of aromatic nitrogens is 2. The monoisotopic (exact) mass is 443 g/mol.